The zero-order chi connectivity index (χ0) is 19.5. The first kappa shape index (κ1) is 18.4. The van der Waals surface area contributed by atoms with Gasteiger partial charge in [0.25, 0.3) is 5.91 Å². The fourth-order valence-corrected chi connectivity index (χ4v) is 3.67. The number of nitrogens with zero attached hydrogens (tertiary/aromatic N) is 3. The number of aryl methyl sites for hydroxylation is 2. The summed E-state index contributed by atoms with van der Waals surface area (Å²) in [4.78, 5) is 14.7. The topological polar surface area (TPSA) is 47.4 Å². The molecule has 0 unspecified atom stereocenters. The molecule has 4 rings (SSSR count). The van der Waals surface area contributed by atoms with Crippen molar-refractivity contribution in [3.05, 3.63) is 88.2 Å². The minimum absolute atomic E-state index is 0.0710. The molecule has 0 saturated heterocycles. The summed E-state index contributed by atoms with van der Waals surface area (Å²) in [6.45, 7) is 4.38. The van der Waals surface area contributed by atoms with Gasteiger partial charge in [0, 0.05) is 43.4 Å². The van der Waals surface area contributed by atoms with Gasteiger partial charge in [-0.3, -0.25) is 9.48 Å². The molecule has 144 valence electrons. The fraction of sp³-hybridized carbons (Fsp3) is 0.304. The van der Waals surface area contributed by atoms with Crippen LogP contribution in [0.5, 0.6) is 0 Å². The van der Waals surface area contributed by atoms with E-state index in [1.165, 1.54) is 11.3 Å². The van der Waals surface area contributed by atoms with Crippen molar-refractivity contribution in [2.24, 2.45) is 7.05 Å². The summed E-state index contributed by atoms with van der Waals surface area (Å²) in [5.41, 5.74) is 6.37. The van der Waals surface area contributed by atoms with Crippen LogP contribution in [0.1, 0.15) is 38.4 Å². The molecule has 1 aromatic heterocycles. The predicted octanol–water partition coefficient (Wildman–Crippen LogP) is 3.64. The van der Waals surface area contributed by atoms with Crippen molar-refractivity contribution in [1.82, 2.24) is 14.7 Å². The second-order valence-corrected chi connectivity index (χ2v) is 7.32. The Bertz CT molecular complexity index is 962. The van der Waals surface area contributed by atoms with E-state index < -0.39 is 0 Å². The van der Waals surface area contributed by atoms with Crippen LogP contribution in [-0.4, -0.2) is 27.1 Å². The monoisotopic (exact) mass is 375 g/mol. The number of fused-ring (bicyclic) bond motifs is 1. The van der Waals surface area contributed by atoms with E-state index in [1.54, 1.807) is 0 Å². The summed E-state index contributed by atoms with van der Waals surface area (Å²) in [6.07, 6.45) is 0.815. The van der Waals surface area contributed by atoms with Crippen molar-refractivity contribution in [2.75, 3.05) is 6.54 Å². The number of amides is 1. The minimum atomic E-state index is 0.0710. The van der Waals surface area contributed by atoms with Gasteiger partial charge in [0.15, 0.2) is 0 Å². The number of hydrogen-bond donors (Lipinski definition) is 0. The highest BCUT2D eigenvalue weighted by molar-refractivity contribution is 5.94. The van der Waals surface area contributed by atoms with Gasteiger partial charge in [-0.15, -0.1) is 0 Å². The molecule has 1 aliphatic rings. The molecule has 3 aromatic rings. The summed E-state index contributed by atoms with van der Waals surface area (Å²) in [5.74, 6) is 0.0710. The standard InChI is InChI=1S/C23H25N3O2/c1-17-8-10-18(11-9-17)15-28-16-21-20-14-26(13-12-22(20)25(2)24-21)23(27)19-6-4-3-5-7-19/h3-11H,12-16H2,1-2H3. The van der Waals surface area contributed by atoms with E-state index in [9.17, 15) is 4.79 Å². The normalized spacial score (nSPS) is 13.4. The first-order valence-corrected chi connectivity index (χ1v) is 9.63. The highest BCUT2D eigenvalue weighted by atomic mass is 16.5. The zero-order valence-corrected chi connectivity index (χ0v) is 16.4. The van der Waals surface area contributed by atoms with Crippen molar-refractivity contribution >= 4 is 5.91 Å². The highest BCUT2D eigenvalue weighted by Crippen LogP contribution is 2.24. The van der Waals surface area contributed by atoms with Crippen molar-refractivity contribution in [3.8, 4) is 0 Å². The number of carbonyl (C=O) groups excluding carboxylic acids is 1. The molecule has 0 N–H and O–H groups in total. The Balaban J connectivity index is 1.45. The molecule has 0 aliphatic carbocycles. The number of aromatic nitrogens is 2. The average molecular weight is 375 g/mol. The van der Waals surface area contributed by atoms with Crippen LogP contribution in [0, 0.1) is 6.92 Å². The highest BCUT2D eigenvalue weighted by Gasteiger charge is 2.27. The maximum Gasteiger partial charge on any atom is 0.254 e. The predicted molar refractivity (Wildman–Crippen MR) is 108 cm³/mol. The molecule has 0 saturated carbocycles. The molecule has 1 amide bonds. The second kappa shape index (κ2) is 7.98. The Morgan fingerprint density at radius 2 is 1.82 bits per heavy atom. The molecule has 0 radical (unpaired) electrons. The Hall–Kier alpha value is -2.92. The van der Waals surface area contributed by atoms with Crippen LogP contribution in [0.25, 0.3) is 0 Å². The molecule has 2 aromatic carbocycles. The maximum absolute atomic E-state index is 12.8. The van der Waals surface area contributed by atoms with E-state index in [-0.39, 0.29) is 5.91 Å². The average Bonchev–Trinajstić information content (AvgIpc) is 3.04. The quantitative estimate of drug-likeness (QED) is 0.684. The van der Waals surface area contributed by atoms with Crippen molar-refractivity contribution in [1.29, 1.82) is 0 Å². The lowest BCUT2D eigenvalue weighted by Crippen LogP contribution is -2.36. The van der Waals surface area contributed by atoms with Gasteiger partial charge >= 0.3 is 0 Å². The zero-order valence-electron chi connectivity index (χ0n) is 16.4. The van der Waals surface area contributed by atoms with Gasteiger partial charge in [-0.05, 0) is 24.6 Å². The Labute approximate surface area is 165 Å². The lowest BCUT2D eigenvalue weighted by atomic mass is 10.0. The van der Waals surface area contributed by atoms with Crippen LogP contribution in [0.2, 0.25) is 0 Å². The van der Waals surface area contributed by atoms with E-state index in [1.807, 2.05) is 47.0 Å². The first-order valence-electron chi connectivity index (χ1n) is 9.63. The van der Waals surface area contributed by atoms with Gasteiger partial charge in [-0.1, -0.05) is 48.0 Å². The van der Waals surface area contributed by atoms with Crippen molar-refractivity contribution in [2.45, 2.75) is 33.1 Å². The second-order valence-electron chi connectivity index (χ2n) is 7.32. The van der Waals surface area contributed by atoms with E-state index in [2.05, 4.69) is 36.3 Å². The van der Waals surface area contributed by atoms with Crippen LogP contribution < -0.4 is 0 Å². The lowest BCUT2D eigenvalue weighted by molar-refractivity contribution is 0.0728. The lowest BCUT2D eigenvalue weighted by Gasteiger charge is -2.27. The number of benzene rings is 2. The van der Waals surface area contributed by atoms with Crippen molar-refractivity contribution < 1.29 is 9.53 Å². The first-order chi connectivity index (χ1) is 13.6. The minimum Gasteiger partial charge on any atom is -0.370 e. The summed E-state index contributed by atoms with van der Waals surface area (Å²) in [7, 11) is 1.97. The molecule has 28 heavy (non-hydrogen) atoms. The van der Waals surface area contributed by atoms with E-state index in [4.69, 9.17) is 4.74 Å². The fourth-order valence-electron chi connectivity index (χ4n) is 3.67. The molecule has 0 bridgehead atoms. The van der Waals surface area contributed by atoms with Gasteiger partial charge in [0.1, 0.15) is 0 Å². The van der Waals surface area contributed by atoms with Gasteiger partial charge in [-0.25, -0.2) is 0 Å². The van der Waals surface area contributed by atoms with Crippen LogP contribution in [-0.2, 0) is 38.0 Å². The number of hydrogen-bond acceptors (Lipinski definition) is 3. The van der Waals surface area contributed by atoms with Gasteiger partial charge in [-0.2, -0.15) is 5.10 Å². The molecule has 2 heterocycles. The summed E-state index contributed by atoms with van der Waals surface area (Å²) in [5, 5.41) is 4.66. The van der Waals surface area contributed by atoms with Gasteiger partial charge in [0.05, 0.1) is 18.9 Å². The molecule has 0 atom stereocenters. The summed E-state index contributed by atoms with van der Waals surface area (Å²) < 4.78 is 7.86. The Morgan fingerprint density at radius 1 is 1.07 bits per heavy atom. The third kappa shape index (κ3) is 3.85. The molecule has 0 spiro atoms. The smallest absolute Gasteiger partial charge is 0.254 e. The molecule has 0 fully saturated rings. The number of carbonyl (C=O) groups is 1. The van der Waals surface area contributed by atoms with Crippen LogP contribution in [0.4, 0.5) is 0 Å². The third-order valence-corrected chi connectivity index (χ3v) is 5.26. The third-order valence-electron chi connectivity index (χ3n) is 5.26. The van der Waals surface area contributed by atoms with Crippen LogP contribution >= 0.6 is 0 Å². The van der Waals surface area contributed by atoms with Crippen molar-refractivity contribution in [3.63, 3.8) is 0 Å². The number of ether oxygens (including phenoxy) is 1. The summed E-state index contributed by atoms with van der Waals surface area (Å²) in [6, 6.07) is 17.8. The van der Waals surface area contributed by atoms with Crippen LogP contribution in [0.15, 0.2) is 54.6 Å². The van der Waals surface area contributed by atoms with Gasteiger partial charge in [0.2, 0.25) is 0 Å². The van der Waals surface area contributed by atoms with E-state index in [0.29, 0.717) is 26.3 Å². The Kier molecular flexibility index (Phi) is 5.26. The molecule has 5 nitrogen and oxygen atoms in total. The maximum atomic E-state index is 12.8. The number of rotatable bonds is 5. The summed E-state index contributed by atoms with van der Waals surface area (Å²) >= 11 is 0. The SMILES string of the molecule is Cc1ccc(COCc2nn(C)c3c2CN(C(=O)c2ccccc2)CC3)cc1. The molecular weight excluding hydrogens is 350 g/mol. The van der Waals surface area contributed by atoms with Gasteiger partial charge < -0.3 is 9.64 Å². The molecule has 1 aliphatic heterocycles. The molecular formula is C23H25N3O2. The largest absolute Gasteiger partial charge is 0.370 e. The van der Waals surface area contributed by atoms with E-state index >= 15 is 0 Å². The van der Waals surface area contributed by atoms with Crippen LogP contribution in [0.3, 0.4) is 0 Å². The molecule has 5 heteroatoms. The van der Waals surface area contributed by atoms with E-state index in [0.717, 1.165) is 28.8 Å². The Morgan fingerprint density at radius 3 is 2.57 bits per heavy atom.